The molecule has 0 saturated carbocycles. The second-order valence-electron chi connectivity index (χ2n) is 3.13. The van der Waals surface area contributed by atoms with Crippen LogP contribution < -0.4 is 5.73 Å². The fourth-order valence-electron chi connectivity index (χ4n) is 1.32. The zero-order chi connectivity index (χ0) is 11.3. The average molecular weight is 211 g/mol. The van der Waals surface area contributed by atoms with E-state index in [1.54, 1.807) is 4.90 Å². The Kier molecular flexibility index (Phi) is 4.23. The van der Waals surface area contributed by atoms with Gasteiger partial charge in [-0.1, -0.05) is 0 Å². The fourth-order valence-corrected chi connectivity index (χ4v) is 1.32. The fraction of sp³-hybridized carbons (Fsp3) is 0.667. The van der Waals surface area contributed by atoms with Gasteiger partial charge in [-0.15, -0.1) is 0 Å². The second-order valence-corrected chi connectivity index (χ2v) is 3.13. The number of aromatic nitrogens is 3. The van der Waals surface area contributed by atoms with Crippen LogP contribution in [0.4, 0.5) is 0 Å². The molecular formula is C9H17N5O. The number of amides is 1. The van der Waals surface area contributed by atoms with Crippen molar-refractivity contribution in [3.63, 3.8) is 0 Å². The predicted octanol–water partition coefficient (Wildman–Crippen LogP) is -0.395. The molecule has 1 amide bonds. The Morgan fingerprint density at radius 2 is 2.20 bits per heavy atom. The number of hydrogen-bond donors (Lipinski definition) is 1. The van der Waals surface area contributed by atoms with Crippen LogP contribution in [0.5, 0.6) is 0 Å². The maximum absolute atomic E-state index is 11.7. The lowest BCUT2D eigenvalue weighted by Crippen LogP contribution is -2.33. The molecule has 0 radical (unpaired) electrons. The van der Waals surface area contributed by atoms with E-state index in [-0.39, 0.29) is 12.5 Å². The van der Waals surface area contributed by atoms with Crippen molar-refractivity contribution in [3.8, 4) is 0 Å². The van der Waals surface area contributed by atoms with Crippen molar-refractivity contribution in [2.75, 3.05) is 13.1 Å². The molecule has 6 nitrogen and oxygen atoms in total. The molecular weight excluding hydrogens is 194 g/mol. The minimum atomic E-state index is 0.0495. The van der Waals surface area contributed by atoms with Crippen LogP contribution >= 0.6 is 0 Å². The third-order valence-electron chi connectivity index (χ3n) is 2.18. The first-order chi connectivity index (χ1) is 7.21. The SMILES string of the molecule is CCN(CC)C(=O)Cn1cnc(CN)n1. The first-order valence-electron chi connectivity index (χ1n) is 5.07. The molecule has 0 saturated heterocycles. The van der Waals surface area contributed by atoms with Gasteiger partial charge >= 0.3 is 0 Å². The summed E-state index contributed by atoms with van der Waals surface area (Å²) in [5.74, 6) is 0.607. The van der Waals surface area contributed by atoms with E-state index in [0.717, 1.165) is 0 Å². The largest absolute Gasteiger partial charge is 0.342 e. The zero-order valence-electron chi connectivity index (χ0n) is 9.18. The monoisotopic (exact) mass is 211 g/mol. The van der Waals surface area contributed by atoms with Gasteiger partial charge in [-0.3, -0.25) is 4.79 Å². The molecule has 1 aromatic heterocycles. The average Bonchev–Trinajstić information content (AvgIpc) is 2.67. The highest BCUT2D eigenvalue weighted by Gasteiger charge is 2.10. The number of carbonyl (C=O) groups excluding carboxylic acids is 1. The van der Waals surface area contributed by atoms with E-state index in [9.17, 15) is 4.79 Å². The molecule has 15 heavy (non-hydrogen) atoms. The third-order valence-corrected chi connectivity index (χ3v) is 2.18. The van der Waals surface area contributed by atoms with Gasteiger partial charge in [-0.05, 0) is 13.8 Å². The minimum Gasteiger partial charge on any atom is -0.342 e. The van der Waals surface area contributed by atoms with E-state index in [1.165, 1.54) is 11.0 Å². The molecule has 6 heteroatoms. The van der Waals surface area contributed by atoms with Gasteiger partial charge in [-0.25, -0.2) is 9.67 Å². The van der Waals surface area contributed by atoms with Gasteiger partial charge in [0.1, 0.15) is 12.9 Å². The summed E-state index contributed by atoms with van der Waals surface area (Å²) in [5.41, 5.74) is 5.37. The number of rotatable bonds is 5. The molecule has 1 aromatic rings. The summed E-state index contributed by atoms with van der Waals surface area (Å²) < 4.78 is 1.52. The molecule has 0 aromatic carbocycles. The van der Waals surface area contributed by atoms with E-state index in [2.05, 4.69) is 10.1 Å². The van der Waals surface area contributed by atoms with Gasteiger partial charge in [0.15, 0.2) is 5.82 Å². The van der Waals surface area contributed by atoms with Crippen molar-refractivity contribution >= 4 is 5.91 Å². The first-order valence-corrected chi connectivity index (χ1v) is 5.07. The molecule has 0 unspecified atom stereocenters. The van der Waals surface area contributed by atoms with Crippen LogP contribution in [0.25, 0.3) is 0 Å². The van der Waals surface area contributed by atoms with Crippen LogP contribution in [0.15, 0.2) is 6.33 Å². The van der Waals surface area contributed by atoms with Crippen molar-refractivity contribution in [1.29, 1.82) is 0 Å². The predicted molar refractivity (Wildman–Crippen MR) is 55.8 cm³/mol. The third kappa shape index (κ3) is 3.02. The molecule has 0 atom stereocenters. The van der Waals surface area contributed by atoms with Crippen LogP contribution in [0.1, 0.15) is 19.7 Å². The van der Waals surface area contributed by atoms with Gasteiger partial charge in [-0.2, -0.15) is 5.10 Å². The molecule has 0 aliphatic rings. The van der Waals surface area contributed by atoms with Gasteiger partial charge < -0.3 is 10.6 Å². The number of carbonyl (C=O) groups is 1. The maximum atomic E-state index is 11.7. The Morgan fingerprint density at radius 1 is 1.53 bits per heavy atom. The van der Waals surface area contributed by atoms with Crippen LogP contribution in [0.2, 0.25) is 0 Å². The number of nitrogens with two attached hydrogens (primary N) is 1. The molecule has 0 fully saturated rings. The van der Waals surface area contributed by atoms with Crippen molar-refractivity contribution in [2.45, 2.75) is 26.9 Å². The summed E-state index contributed by atoms with van der Waals surface area (Å²) >= 11 is 0. The summed E-state index contributed by atoms with van der Waals surface area (Å²) in [6.45, 7) is 5.87. The lowest BCUT2D eigenvalue weighted by Gasteiger charge is -2.17. The quantitative estimate of drug-likeness (QED) is 0.719. The Morgan fingerprint density at radius 3 is 2.67 bits per heavy atom. The van der Waals surface area contributed by atoms with E-state index >= 15 is 0 Å². The smallest absolute Gasteiger partial charge is 0.244 e. The summed E-state index contributed by atoms with van der Waals surface area (Å²) in [4.78, 5) is 17.4. The highest BCUT2D eigenvalue weighted by Crippen LogP contribution is 1.94. The van der Waals surface area contributed by atoms with E-state index < -0.39 is 0 Å². The lowest BCUT2D eigenvalue weighted by molar-refractivity contribution is -0.131. The van der Waals surface area contributed by atoms with Crippen LogP contribution in [-0.4, -0.2) is 38.7 Å². The Hall–Kier alpha value is -1.43. The van der Waals surface area contributed by atoms with Crippen molar-refractivity contribution in [2.24, 2.45) is 5.73 Å². The second kappa shape index (κ2) is 5.45. The Balaban J connectivity index is 2.57. The first kappa shape index (κ1) is 11.6. The standard InChI is InChI=1S/C9H17N5O/c1-3-13(4-2)9(15)6-14-7-11-8(5-10)12-14/h7H,3-6,10H2,1-2H3. The zero-order valence-corrected chi connectivity index (χ0v) is 9.18. The van der Waals surface area contributed by atoms with E-state index in [4.69, 9.17) is 5.73 Å². The van der Waals surface area contributed by atoms with Crippen LogP contribution in [-0.2, 0) is 17.9 Å². The van der Waals surface area contributed by atoms with Crippen molar-refractivity contribution in [1.82, 2.24) is 19.7 Å². The molecule has 0 spiro atoms. The number of nitrogens with zero attached hydrogens (tertiary/aromatic N) is 4. The molecule has 0 aliphatic heterocycles. The van der Waals surface area contributed by atoms with Crippen molar-refractivity contribution in [3.05, 3.63) is 12.2 Å². The lowest BCUT2D eigenvalue weighted by atomic mass is 10.4. The number of hydrogen-bond acceptors (Lipinski definition) is 4. The Bertz CT molecular complexity index is 318. The summed E-state index contributed by atoms with van der Waals surface area (Å²) in [6, 6.07) is 0. The Labute approximate surface area is 89.1 Å². The highest BCUT2D eigenvalue weighted by atomic mass is 16.2. The number of likely N-dealkylation sites (N-methyl/N-ethyl adjacent to an activating group) is 1. The maximum Gasteiger partial charge on any atom is 0.244 e. The molecule has 0 bridgehead atoms. The molecule has 84 valence electrons. The summed E-state index contributed by atoms with van der Waals surface area (Å²) in [6.07, 6.45) is 1.53. The highest BCUT2D eigenvalue weighted by molar-refractivity contribution is 5.75. The van der Waals surface area contributed by atoms with Crippen LogP contribution in [0, 0.1) is 0 Å². The molecule has 2 N–H and O–H groups in total. The van der Waals surface area contributed by atoms with E-state index in [1.807, 2.05) is 13.8 Å². The molecule has 1 heterocycles. The topological polar surface area (TPSA) is 77.0 Å². The summed E-state index contributed by atoms with van der Waals surface area (Å²) in [5, 5.41) is 4.05. The van der Waals surface area contributed by atoms with Crippen molar-refractivity contribution < 1.29 is 4.79 Å². The normalized spacial score (nSPS) is 10.3. The van der Waals surface area contributed by atoms with Gasteiger partial charge in [0.25, 0.3) is 0 Å². The van der Waals surface area contributed by atoms with Gasteiger partial charge in [0.2, 0.25) is 5.91 Å². The molecule has 1 rings (SSSR count). The molecule has 0 aliphatic carbocycles. The minimum absolute atomic E-state index is 0.0495. The summed E-state index contributed by atoms with van der Waals surface area (Å²) in [7, 11) is 0. The van der Waals surface area contributed by atoms with E-state index in [0.29, 0.717) is 25.5 Å². The van der Waals surface area contributed by atoms with Gasteiger partial charge in [0.05, 0.1) is 6.54 Å². The van der Waals surface area contributed by atoms with Crippen LogP contribution in [0.3, 0.4) is 0 Å². The van der Waals surface area contributed by atoms with Gasteiger partial charge in [0, 0.05) is 13.1 Å².